The van der Waals surface area contributed by atoms with Crippen LogP contribution < -0.4 is 10.6 Å². The Bertz CT molecular complexity index is 420. The number of carboxylic acids is 1. The fourth-order valence-electron chi connectivity index (χ4n) is 1.46. The number of carboxylic acid groups (broad SMARTS) is 1. The van der Waals surface area contributed by atoms with Gasteiger partial charge in [0.25, 0.3) is 0 Å². The number of rotatable bonds is 6. The predicted octanol–water partition coefficient (Wildman–Crippen LogP) is 0.157. The minimum absolute atomic E-state index is 0.0488. The molecule has 0 spiro atoms. The molecular formula is C12H15FN2O3. The monoisotopic (exact) mass is 254 g/mol. The van der Waals surface area contributed by atoms with Crippen molar-refractivity contribution in [3.8, 4) is 0 Å². The summed E-state index contributed by atoms with van der Waals surface area (Å²) in [7, 11) is 1.59. The van der Waals surface area contributed by atoms with Crippen LogP contribution in [0.3, 0.4) is 0 Å². The summed E-state index contributed by atoms with van der Waals surface area (Å²) in [5, 5.41) is 14.0. The molecule has 1 aromatic rings. The Morgan fingerprint density at radius 2 is 1.94 bits per heavy atom. The van der Waals surface area contributed by atoms with Crippen molar-refractivity contribution in [3.05, 3.63) is 35.6 Å². The van der Waals surface area contributed by atoms with E-state index in [4.69, 9.17) is 5.11 Å². The standard InChI is InChI=1S/C12H15FN2O3/c1-14-7-11(16)15-10(12(17)18)6-8-2-4-9(13)5-3-8/h2-5,10,14H,6-7H2,1H3,(H,15,16)(H,17,18). The van der Waals surface area contributed by atoms with Gasteiger partial charge in [-0.2, -0.15) is 0 Å². The van der Waals surface area contributed by atoms with Gasteiger partial charge in [0.2, 0.25) is 5.91 Å². The number of nitrogens with one attached hydrogen (secondary N) is 2. The van der Waals surface area contributed by atoms with Crippen molar-refractivity contribution in [2.45, 2.75) is 12.5 Å². The first-order valence-electron chi connectivity index (χ1n) is 5.44. The van der Waals surface area contributed by atoms with Crippen LogP contribution in [0.5, 0.6) is 0 Å². The minimum Gasteiger partial charge on any atom is -0.480 e. The molecule has 0 fully saturated rings. The smallest absolute Gasteiger partial charge is 0.326 e. The Hall–Kier alpha value is -1.95. The summed E-state index contributed by atoms with van der Waals surface area (Å²) in [5.74, 6) is -1.90. The van der Waals surface area contributed by atoms with Crippen LogP contribution in [-0.4, -0.2) is 36.6 Å². The summed E-state index contributed by atoms with van der Waals surface area (Å²) in [6.45, 7) is 0.0488. The van der Waals surface area contributed by atoms with E-state index in [0.717, 1.165) is 0 Å². The molecule has 0 aromatic heterocycles. The number of hydrogen-bond donors (Lipinski definition) is 3. The molecule has 1 atom stereocenters. The van der Waals surface area contributed by atoms with Gasteiger partial charge in [0.15, 0.2) is 0 Å². The highest BCUT2D eigenvalue weighted by Gasteiger charge is 2.19. The minimum atomic E-state index is -1.12. The van der Waals surface area contributed by atoms with Gasteiger partial charge in [-0.15, -0.1) is 0 Å². The molecule has 0 heterocycles. The molecular weight excluding hydrogens is 239 g/mol. The summed E-state index contributed by atoms with van der Waals surface area (Å²) in [6, 6.07) is 4.48. The van der Waals surface area contributed by atoms with Crippen molar-refractivity contribution < 1.29 is 19.1 Å². The zero-order valence-corrected chi connectivity index (χ0v) is 9.94. The van der Waals surface area contributed by atoms with E-state index in [9.17, 15) is 14.0 Å². The Balaban J connectivity index is 2.65. The van der Waals surface area contributed by atoms with Crippen molar-refractivity contribution >= 4 is 11.9 Å². The van der Waals surface area contributed by atoms with Crippen molar-refractivity contribution in [3.63, 3.8) is 0 Å². The van der Waals surface area contributed by atoms with Crippen LogP contribution in [0.2, 0.25) is 0 Å². The average molecular weight is 254 g/mol. The van der Waals surface area contributed by atoms with Crippen molar-refractivity contribution in [2.24, 2.45) is 0 Å². The molecule has 0 aliphatic rings. The van der Waals surface area contributed by atoms with E-state index in [-0.39, 0.29) is 18.8 Å². The zero-order valence-electron chi connectivity index (χ0n) is 9.94. The Morgan fingerprint density at radius 1 is 1.33 bits per heavy atom. The molecule has 1 aromatic carbocycles. The number of aliphatic carboxylic acids is 1. The SMILES string of the molecule is CNCC(=O)NC(Cc1ccc(F)cc1)C(=O)O. The number of benzene rings is 1. The second kappa shape index (κ2) is 6.70. The molecule has 0 radical (unpaired) electrons. The molecule has 0 aliphatic heterocycles. The van der Waals surface area contributed by atoms with E-state index in [1.54, 1.807) is 7.05 Å². The molecule has 18 heavy (non-hydrogen) atoms. The number of halogens is 1. The highest BCUT2D eigenvalue weighted by atomic mass is 19.1. The topological polar surface area (TPSA) is 78.4 Å². The predicted molar refractivity (Wildman–Crippen MR) is 63.6 cm³/mol. The molecule has 0 saturated carbocycles. The first-order chi connectivity index (χ1) is 8.52. The Kier molecular flexibility index (Phi) is 5.26. The van der Waals surface area contributed by atoms with E-state index in [1.807, 2.05) is 0 Å². The highest BCUT2D eigenvalue weighted by Crippen LogP contribution is 2.06. The van der Waals surface area contributed by atoms with Crippen molar-refractivity contribution in [2.75, 3.05) is 13.6 Å². The van der Waals surface area contributed by atoms with Crippen LogP contribution >= 0.6 is 0 Å². The number of amides is 1. The van der Waals surface area contributed by atoms with E-state index < -0.39 is 17.9 Å². The van der Waals surface area contributed by atoms with Crippen molar-refractivity contribution in [1.29, 1.82) is 0 Å². The molecule has 0 aliphatic carbocycles. The lowest BCUT2D eigenvalue weighted by Crippen LogP contribution is -2.45. The maximum absolute atomic E-state index is 12.7. The number of hydrogen-bond acceptors (Lipinski definition) is 3. The summed E-state index contributed by atoms with van der Waals surface area (Å²) < 4.78 is 12.7. The third-order valence-corrected chi connectivity index (χ3v) is 2.32. The van der Waals surface area contributed by atoms with Gasteiger partial charge >= 0.3 is 5.97 Å². The lowest BCUT2D eigenvalue weighted by molar-refractivity contribution is -0.141. The van der Waals surface area contributed by atoms with E-state index in [0.29, 0.717) is 5.56 Å². The molecule has 1 rings (SSSR count). The van der Waals surface area contributed by atoms with Gasteiger partial charge in [-0.3, -0.25) is 4.79 Å². The zero-order chi connectivity index (χ0) is 13.5. The summed E-state index contributed by atoms with van der Waals surface area (Å²) in [4.78, 5) is 22.3. The molecule has 0 saturated heterocycles. The van der Waals surface area contributed by atoms with Gasteiger partial charge in [0, 0.05) is 6.42 Å². The molecule has 1 unspecified atom stereocenters. The second-order valence-electron chi connectivity index (χ2n) is 3.82. The van der Waals surface area contributed by atoms with Crippen LogP contribution in [0.4, 0.5) is 4.39 Å². The fraction of sp³-hybridized carbons (Fsp3) is 0.333. The van der Waals surface area contributed by atoms with Gasteiger partial charge in [0.1, 0.15) is 11.9 Å². The Labute approximate surface area is 104 Å². The Morgan fingerprint density at radius 3 is 2.44 bits per heavy atom. The number of carbonyl (C=O) groups is 2. The molecule has 6 heteroatoms. The highest BCUT2D eigenvalue weighted by molar-refractivity contribution is 5.84. The van der Waals surface area contributed by atoms with Crippen molar-refractivity contribution in [1.82, 2.24) is 10.6 Å². The van der Waals surface area contributed by atoms with E-state index >= 15 is 0 Å². The quantitative estimate of drug-likeness (QED) is 0.675. The van der Waals surface area contributed by atoms with Gasteiger partial charge < -0.3 is 15.7 Å². The fourth-order valence-corrected chi connectivity index (χ4v) is 1.46. The molecule has 0 bridgehead atoms. The first-order valence-corrected chi connectivity index (χ1v) is 5.44. The van der Waals surface area contributed by atoms with Gasteiger partial charge in [-0.25, -0.2) is 9.18 Å². The van der Waals surface area contributed by atoms with Crippen LogP contribution in [0.15, 0.2) is 24.3 Å². The number of carbonyl (C=O) groups excluding carboxylic acids is 1. The maximum atomic E-state index is 12.7. The van der Waals surface area contributed by atoms with Crippen LogP contribution in [0, 0.1) is 5.82 Å². The third kappa shape index (κ3) is 4.50. The average Bonchev–Trinajstić information content (AvgIpc) is 2.31. The second-order valence-corrected chi connectivity index (χ2v) is 3.82. The first kappa shape index (κ1) is 14.1. The molecule has 5 nitrogen and oxygen atoms in total. The maximum Gasteiger partial charge on any atom is 0.326 e. The molecule has 98 valence electrons. The lowest BCUT2D eigenvalue weighted by atomic mass is 10.1. The molecule has 3 N–H and O–H groups in total. The van der Waals surface area contributed by atoms with Gasteiger partial charge in [0.05, 0.1) is 6.54 Å². The third-order valence-electron chi connectivity index (χ3n) is 2.32. The summed E-state index contributed by atoms with van der Waals surface area (Å²) in [6.07, 6.45) is 0.116. The van der Waals surface area contributed by atoms with Gasteiger partial charge in [-0.1, -0.05) is 12.1 Å². The van der Waals surface area contributed by atoms with Crippen LogP contribution in [0.25, 0.3) is 0 Å². The number of likely N-dealkylation sites (N-methyl/N-ethyl adjacent to an activating group) is 1. The van der Waals surface area contributed by atoms with E-state index in [1.165, 1.54) is 24.3 Å². The van der Waals surface area contributed by atoms with Gasteiger partial charge in [-0.05, 0) is 24.7 Å². The van der Waals surface area contributed by atoms with Crippen LogP contribution in [-0.2, 0) is 16.0 Å². The van der Waals surface area contributed by atoms with E-state index in [2.05, 4.69) is 10.6 Å². The largest absolute Gasteiger partial charge is 0.480 e. The normalized spacial score (nSPS) is 11.9. The molecule has 1 amide bonds. The summed E-state index contributed by atoms with van der Waals surface area (Å²) in [5.41, 5.74) is 0.647. The summed E-state index contributed by atoms with van der Waals surface area (Å²) >= 11 is 0. The lowest BCUT2D eigenvalue weighted by Gasteiger charge is -2.14. The van der Waals surface area contributed by atoms with Crippen LogP contribution in [0.1, 0.15) is 5.56 Å².